The van der Waals surface area contributed by atoms with E-state index >= 15 is 0 Å². The Morgan fingerprint density at radius 1 is 1.50 bits per heavy atom. The van der Waals surface area contributed by atoms with Gasteiger partial charge in [-0.05, 0) is 18.1 Å². The molecule has 1 fully saturated rings. The second kappa shape index (κ2) is 4.30. The highest BCUT2D eigenvalue weighted by Crippen LogP contribution is 2.11. The first-order valence-electron chi connectivity index (χ1n) is 5.22. The van der Waals surface area contributed by atoms with Gasteiger partial charge >= 0.3 is 6.03 Å². The molecule has 1 aromatic rings. The van der Waals surface area contributed by atoms with Gasteiger partial charge in [0.05, 0.1) is 12.2 Å². The van der Waals surface area contributed by atoms with Crippen LogP contribution in [-0.2, 0) is 17.8 Å². The number of nitrogens with zero attached hydrogens (tertiary/aromatic N) is 2. The van der Waals surface area contributed by atoms with E-state index in [4.69, 9.17) is 0 Å². The summed E-state index contributed by atoms with van der Waals surface area (Å²) in [6.07, 6.45) is 2.57. The van der Waals surface area contributed by atoms with Gasteiger partial charge in [-0.25, -0.2) is 4.79 Å². The first kappa shape index (κ1) is 10.6. The third-order valence-corrected chi connectivity index (χ3v) is 2.57. The number of rotatable bonds is 3. The average Bonchev–Trinajstić information content (AvgIpc) is 2.58. The molecule has 0 saturated carbocycles. The number of pyridine rings is 1. The predicted octanol–water partition coefficient (Wildman–Crippen LogP) is 0.696. The van der Waals surface area contributed by atoms with Crippen LogP contribution >= 0.6 is 0 Å². The second-order valence-corrected chi connectivity index (χ2v) is 3.67. The molecule has 2 heterocycles. The Balaban J connectivity index is 2.14. The fraction of sp³-hybridized carbons (Fsp3) is 0.364. The number of amides is 3. The molecule has 0 bridgehead atoms. The highest BCUT2D eigenvalue weighted by molar-refractivity contribution is 6.01. The van der Waals surface area contributed by atoms with Crippen molar-refractivity contribution in [1.29, 1.82) is 0 Å². The second-order valence-electron chi connectivity index (χ2n) is 3.67. The zero-order valence-electron chi connectivity index (χ0n) is 9.06. The third-order valence-electron chi connectivity index (χ3n) is 2.57. The number of carbonyl (C=O) groups is 2. The molecular formula is C11H13N3O2. The number of aromatic nitrogens is 1. The normalized spacial score (nSPS) is 15.4. The van der Waals surface area contributed by atoms with Crippen LogP contribution in [0.5, 0.6) is 0 Å². The monoisotopic (exact) mass is 219 g/mol. The molecule has 2 rings (SSSR count). The molecule has 0 radical (unpaired) electrons. The molecule has 1 saturated heterocycles. The van der Waals surface area contributed by atoms with Crippen LogP contribution in [0.4, 0.5) is 4.79 Å². The lowest BCUT2D eigenvalue weighted by molar-refractivity contribution is -0.118. The molecule has 1 aliphatic rings. The Morgan fingerprint density at radius 3 is 2.94 bits per heavy atom. The van der Waals surface area contributed by atoms with Gasteiger partial charge in [-0.3, -0.25) is 15.1 Å². The van der Waals surface area contributed by atoms with Gasteiger partial charge in [0.2, 0.25) is 5.91 Å². The van der Waals surface area contributed by atoms with Crippen LogP contribution in [0.25, 0.3) is 0 Å². The van der Waals surface area contributed by atoms with Gasteiger partial charge in [0, 0.05) is 6.20 Å². The first-order valence-corrected chi connectivity index (χ1v) is 5.22. The van der Waals surface area contributed by atoms with Gasteiger partial charge in [-0.1, -0.05) is 13.0 Å². The van der Waals surface area contributed by atoms with Crippen LogP contribution in [0.3, 0.4) is 0 Å². The Kier molecular flexibility index (Phi) is 2.85. The summed E-state index contributed by atoms with van der Waals surface area (Å²) in [4.78, 5) is 28.1. The number of nitrogens with one attached hydrogen (secondary N) is 1. The lowest BCUT2D eigenvalue weighted by Crippen LogP contribution is -2.28. The van der Waals surface area contributed by atoms with E-state index in [0.29, 0.717) is 6.54 Å². The van der Waals surface area contributed by atoms with E-state index < -0.39 is 0 Å². The maximum Gasteiger partial charge on any atom is 0.324 e. The summed E-state index contributed by atoms with van der Waals surface area (Å²) >= 11 is 0. The quantitative estimate of drug-likeness (QED) is 0.761. The molecule has 0 spiro atoms. The molecule has 1 aromatic heterocycles. The lowest BCUT2D eigenvalue weighted by atomic mass is 10.1. The molecule has 16 heavy (non-hydrogen) atoms. The molecule has 3 amide bonds. The van der Waals surface area contributed by atoms with Crippen molar-refractivity contribution in [2.24, 2.45) is 0 Å². The third kappa shape index (κ3) is 2.03. The molecule has 0 aliphatic carbocycles. The van der Waals surface area contributed by atoms with Crippen molar-refractivity contribution in [3.8, 4) is 0 Å². The van der Waals surface area contributed by atoms with Crippen molar-refractivity contribution in [1.82, 2.24) is 15.2 Å². The summed E-state index contributed by atoms with van der Waals surface area (Å²) in [6.45, 7) is 2.55. The van der Waals surface area contributed by atoms with E-state index in [9.17, 15) is 9.59 Å². The van der Waals surface area contributed by atoms with Crippen LogP contribution in [0.15, 0.2) is 18.3 Å². The predicted molar refractivity (Wildman–Crippen MR) is 57.6 cm³/mol. The SMILES string of the molecule is CCc1cccnc1CN1CC(=O)NC1=O. The zero-order valence-corrected chi connectivity index (χ0v) is 9.06. The molecule has 0 atom stereocenters. The van der Waals surface area contributed by atoms with Crippen LogP contribution < -0.4 is 5.32 Å². The van der Waals surface area contributed by atoms with Gasteiger partial charge in [-0.15, -0.1) is 0 Å². The van der Waals surface area contributed by atoms with Gasteiger partial charge < -0.3 is 4.90 Å². The Bertz CT molecular complexity index is 431. The fourth-order valence-corrected chi connectivity index (χ4v) is 1.73. The van der Waals surface area contributed by atoms with Crippen molar-refractivity contribution in [3.63, 3.8) is 0 Å². The van der Waals surface area contributed by atoms with Gasteiger partial charge in [-0.2, -0.15) is 0 Å². The summed E-state index contributed by atoms with van der Waals surface area (Å²) in [5.41, 5.74) is 1.96. The smallest absolute Gasteiger partial charge is 0.309 e. The molecular weight excluding hydrogens is 206 g/mol. The molecule has 1 N–H and O–H groups in total. The standard InChI is InChI=1S/C11H13N3O2/c1-2-8-4-3-5-12-9(8)6-14-7-10(15)13-11(14)16/h3-5H,2,6-7H2,1H3,(H,13,15,16). The summed E-state index contributed by atoms with van der Waals surface area (Å²) in [5, 5.41) is 2.24. The Labute approximate surface area is 93.5 Å². The van der Waals surface area contributed by atoms with Crippen LogP contribution in [0.1, 0.15) is 18.2 Å². The maximum atomic E-state index is 11.4. The fourth-order valence-electron chi connectivity index (χ4n) is 1.73. The van der Waals surface area contributed by atoms with Crippen LogP contribution in [-0.4, -0.2) is 28.4 Å². The minimum absolute atomic E-state index is 0.124. The zero-order chi connectivity index (χ0) is 11.5. The van der Waals surface area contributed by atoms with Crippen molar-refractivity contribution < 1.29 is 9.59 Å². The van der Waals surface area contributed by atoms with Crippen molar-refractivity contribution >= 4 is 11.9 Å². The largest absolute Gasteiger partial charge is 0.324 e. The first-order chi connectivity index (χ1) is 7.70. The van der Waals surface area contributed by atoms with E-state index in [1.54, 1.807) is 6.20 Å². The Hall–Kier alpha value is -1.91. The number of aryl methyl sites for hydroxylation is 1. The number of carbonyl (C=O) groups excluding carboxylic acids is 2. The average molecular weight is 219 g/mol. The molecule has 5 heteroatoms. The molecule has 0 unspecified atom stereocenters. The van der Waals surface area contributed by atoms with E-state index in [1.807, 2.05) is 19.1 Å². The van der Waals surface area contributed by atoms with Gasteiger partial charge in [0.25, 0.3) is 0 Å². The van der Waals surface area contributed by atoms with Crippen LogP contribution in [0, 0.1) is 0 Å². The number of imide groups is 1. The summed E-state index contributed by atoms with van der Waals surface area (Å²) in [7, 11) is 0. The number of urea groups is 1. The highest BCUT2D eigenvalue weighted by atomic mass is 16.2. The molecule has 1 aliphatic heterocycles. The lowest BCUT2D eigenvalue weighted by Gasteiger charge is -2.14. The number of hydrogen-bond donors (Lipinski definition) is 1. The number of hydrogen-bond acceptors (Lipinski definition) is 3. The molecule has 5 nitrogen and oxygen atoms in total. The van der Waals surface area contributed by atoms with Crippen molar-refractivity contribution in [2.45, 2.75) is 19.9 Å². The van der Waals surface area contributed by atoms with Gasteiger partial charge in [0.15, 0.2) is 0 Å². The van der Waals surface area contributed by atoms with E-state index in [1.165, 1.54) is 4.90 Å². The van der Waals surface area contributed by atoms with Crippen LogP contribution in [0.2, 0.25) is 0 Å². The van der Waals surface area contributed by atoms with E-state index in [2.05, 4.69) is 10.3 Å². The summed E-state index contributed by atoms with van der Waals surface area (Å²) in [5.74, 6) is -0.251. The highest BCUT2D eigenvalue weighted by Gasteiger charge is 2.27. The summed E-state index contributed by atoms with van der Waals surface area (Å²) < 4.78 is 0. The molecule has 84 valence electrons. The minimum Gasteiger partial charge on any atom is -0.309 e. The van der Waals surface area contributed by atoms with E-state index in [-0.39, 0.29) is 18.5 Å². The minimum atomic E-state index is -0.335. The summed E-state index contributed by atoms with van der Waals surface area (Å²) in [6, 6.07) is 3.52. The van der Waals surface area contributed by atoms with Crippen molar-refractivity contribution in [3.05, 3.63) is 29.6 Å². The topological polar surface area (TPSA) is 62.3 Å². The van der Waals surface area contributed by atoms with E-state index in [0.717, 1.165) is 17.7 Å². The maximum absolute atomic E-state index is 11.4. The van der Waals surface area contributed by atoms with Gasteiger partial charge in [0.1, 0.15) is 6.54 Å². The van der Waals surface area contributed by atoms with Crippen molar-refractivity contribution in [2.75, 3.05) is 6.54 Å². The molecule has 0 aromatic carbocycles. The Morgan fingerprint density at radius 2 is 2.31 bits per heavy atom.